The van der Waals surface area contributed by atoms with Crippen molar-refractivity contribution in [3.8, 4) is 0 Å². The topological polar surface area (TPSA) is 111 Å². The number of methoxy groups -OCH3 is 1. The van der Waals surface area contributed by atoms with E-state index in [0.29, 0.717) is 19.5 Å². The Kier molecular flexibility index (Phi) is 8.35. The highest BCUT2D eigenvalue weighted by molar-refractivity contribution is 5.84. The molecule has 3 atom stereocenters. The smallest absolute Gasteiger partial charge is 0.406 e. The van der Waals surface area contributed by atoms with Gasteiger partial charge in [0.05, 0.1) is 25.5 Å². The number of fused-ring (bicyclic) bond motifs is 1. The molecule has 0 unspecified atom stereocenters. The largest absolute Gasteiger partial charge is 0.453 e. The SMILES string of the molecule is COC(=O)NCCCn1nc([C@@H](C)N(C(=O)[C@H]2CN[C@H](CC(F)F)CO2)C2CC2)c2ccc(C)nc21. The van der Waals surface area contributed by atoms with Crippen molar-refractivity contribution in [3.63, 3.8) is 0 Å². The predicted octanol–water partition coefficient (Wildman–Crippen LogP) is 2.55. The lowest BCUT2D eigenvalue weighted by Crippen LogP contribution is -2.54. The van der Waals surface area contributed by atoms with Crippen LogP contribution < -0.4 is 10.6 Å². The van der Waals surface area contributed by atoms with Gasteiger partial charge in [0.25, 0.3) is 5.91 Å². The van der Waals surface area contributed by atoms with Crippen LogP contribution in [0.25, 0.3) is 11.0 Å². The van der Waals surface area contributed by atoms with E-state index in [2.05, 4.69) is 20.4 Å². The molecule has 3 heterocycles. The van der Waals surface area contributed by atoms with Crippen LogP contribution in [0, 0.1) is 6.92 Å². The number of amides is 2. The number of nitrogens with one attached hydrogen (secondary N) is 2. The summed E-state index contributed by atoms with van der Waals surface area (Å²) >= 11 is 0. The molecule has 1 aliphatic heterocycles. The van der Waals surface area contributed by atoms with Gasteiger partial charge in [0.2, 0.25) is 6.43 Å². The quantitative estimate of drug-likeness (QED) is 0.475. The van der Waals surface area contributed by atoms with Gasteiger partial charge in [0.1, 0.15) is 6.10 Å². The molecule has 2 aliphatic rings. The maximum absolute atomic E-state index is 13.5. The summed E-state index contributed by atoms with van der Waals surface area (Å²) in [5.41, 5.74) is 2.33. The van der Waals surface area contributed by atoms with Gasteiger partial charge < -0.3 is 25.0 Å². The third-order valence-corrected chi connectivity index (χ3v) is 6.60. The van der Waals surface area contributed by atoms with Crippen molar-refractivity contribution >= 4 is 23.0 Å². The molecule has 2 amide bonds. The van der Waals surface area contributed by atoms with Crippen LogP contribution in [0.3, 0.4) is 0 Å². The molecular formula is C24H34F2N6O4. The second kappa shape index (κ2) is 11.5. The van der Waals surface area contributed by atoms with Crippen LogP contribution in [0.1, 0.15) is 50.0 Å². The van der Waals surface area contributed by atoms with E-state index in [1.54, 1.807) is 0 Å². The fraction of sp³-hybridized carbons (Fsp3) is 0.667. The van der Waals surface area contributed by atoms with Crippen molar-refractivity contribution in [2.75, 3.05) is 26.8 Å². The van der Waals surface area contributed by atoms with Crippen LogP contribution >= 0.6 is 0 Å². The predicted molar refractivity (Wildman–Crippen MR) is 128 cm³/mol. The van der Waals surface area contributed by atoms with Crippen molar-refractivity contribution in [1.82, 2.24) is 30.3 Å². The van der Waals surface area contributed by atoms with E-state index in [1.807, 2.05) is 35.6 Å². The molecule has 2 fully saturated rings. The third-order valence-electron chi connectivity index (χ3n) is 6.60. The average Bonchev–Trinajstić information content (AvgIpc) is 3.62. The number of nitrogens with zero attached hydrogens (tertiary/aromatic N) is 4. The summed E-state index contributed by atoms with van der Waals surface area (Å²) in [5, 5.41) is 11.4. The monoisotopic (exact) mass is 508 g/mol. The molecule has 12 heteroatoms. The molecular weight excluding hydrogens is 474 g/mol. The number of ether oxygens (including phenoxy) is 2. The molecule has 0 aromatic carbocycles. The molecule has 198 valence electrons. The minimum absolute atomic E-state index is 0.0774. The van der Waals surface area contributed by atoms with Crippen LogP contribution in [0.5, 0.6) is 0 Å². The van der Waals surface area contributed by atoms with Gasteiger partial charge in [0.15, 0.2) is 5.65 Å². The molecule has 1 saturated heterocycles. The third kappa shape index (κ3) is 6.09. The van der Waals surface area contributed by atoms with E-state index in [1.165, 1.54) is 7.11 Å². The summed E-state index contributed by atoms with van der Waals surface area (Å²) in [6.45, 7) is 5.10. The van der Waals surface area contributed by atoms with E-state index >= 15 is 0 Å². The van der Waals surface area contributed by atoms with E-state index < -0.39 is 24.7 Å². The number of halogens is 2. The highest BCUT2D eigenvalue weighted by Gasteiger charge is 2.42. The fourth-order valence-electron chi connectivity index (χ4n) is 4.61. The minimum atomic E-state index is -2.42. The van der Waals surface area contributed by atoms with Gasteiger partial charge in [-0.1, -0.05) is 0 Å². The van der Waals surface area contributed by atoms with E-state index in [-0.39, 0.29) is 37.6 Å². The number of carbonyl (C=O) groups is 2. The number of alkyl carbamates (subject to hydrolysis) is 1. The van der Waals surface area contributed by atoms with Crippen molar-refractivity contribution < 1.29 is 27.8 Å². The van der Waals surface area contributed by atoms with Crippen LogP contribution in [0.4, 0.5) is 13.6 Å². The number of aryl methyl sites for hydroxylation is 2. The lowest BCUT2D eigenvalue weighted by atomic mass is 10.1. The molecule has 2 aromatic heterocycles. The number of alkyl halides is 2. The number of aromatic nitrogens is 3. The average molecular weight is 509 g/mol. The first kappa shape index (κ1) is 26.2. The Hall–Kier alpha value is -2.86. The minimum Gasteiger partial charge on any atom is -0.453 e. The van der Waals surface area contributed by atoms with Gasteiger partial charge in [-0.2, -0.15) is 5.10 Å². The first-order chi connectivity index (χ1) is 17.3. The summed E-state index contributed by atoms with van der Waals surface area (Å²) in [7, 11) is 1.32. The molecule has 0 spiro atoms. The lowest BCUT2D eigenvalue weighted by Gasteiger charge is -2.35. The number of hydrogen-bond donors (Lipinski definition) is 2. The zero-order valence-electron chi connectivity index (χ0n) is 20.9. The first-order valence-electron chi connectivity index (χ1n) is 12.4. The molecule has 0 bridgehead atoms. The summed E-state index contributed by atoms with van der Waals surface area (Å²) < 4.78 is 37.6. The van der Waals surface area contributed by atoms with Crippen LogP contribution in [-0.4, -0.2) is 83.1 Å². The summed E-state index contributed by atoms with van der Waals surface area (Å²) in [5.74, 6) is -0.155. The molecule has 2 aromatic rings. The Morgan fingerprint density at radius 3 is 2.78 bits per heavy atom. The van der Waals surface area contributed by atoms with E-state index in [9.17, 15) is 18.4 Å². The van der Waals surface area contributed by atoms with Gasteiger partial charge in [-0.3, -0.25) is 4.79 Å². The van der Waals surface area contributed by atoms with Crippen LogP contribution in [0.2, 0.25) is 0 Å². The Morgan fingerprint density at radius 2 is 2.14 bits per heavy atom. The Balaban J connectivity index is 1.51. The molecule has 4 rings (SSSR count). The van der Waals surface area contributed by atoms with Gasteiger partial charge in [-0.25, -0.2) is 23.2 Å². The van der Waals surface area contributed by atoms with Crippen LogP contribution in [-0.2, 0) is 20.8 Å². The Morgan fingerprint density at radius 1 is 1.36 bits per heavy atom. The Labute approximate surface area is 208 Å². The number of hydrogen-bond acceptors (Lipinski definition) is 7. The number of pyridine rings is 1. The summed E-state index contributed by atoms with van der Waals surface area (Å²) in [6.07, 6.45) is -1.49. The van der Waals surface area contributed by atoms with Gasteiger partial charge in [0, 0.05) is 49.2 Å². The van der Waals surface area contributed by atoms with E-state index in [4.69, 9.17) is 9.84 Å². The second-order valence-corrected chi connectivity index (χ2v) is 9.41. The maximum atomic E-state index is 13.5. The van der Waals surface area contributed by atoms with Crippen molar-refractivity contribution in [2.24, 2.45) is 0 Å². The standard InChI is InChI=1S/C24H34F2N6O4/c1-14-5-8-18-21(30-31(22(18)29-14)10-4-9-27-24(34)35-3)15(2)32(17-6-7-17)23(33)19-12-28-16(13-36-19)11-20(25)26/h5,8,15-17,19-20,28H,4,6-7,9-13H2,1-3H3,(H,27,34)/t15-,16-,19-/m1/s1. The highest BCUT2D eigenvalue weighted by Crippen LogP contribution is 2.37. The molecule has 36 heavy (non-hydrogen) atoms. The van der Waals surface area contributed by atoms with Gasteiger partial charge >= 0.3 is 6.09 Å². The zero-order chi connectivity index (χ0) is 25.8. The fourth-order valence-corrected chi connectivity index (χ4v) is 4.61. The van der Waals surface area contributed by atoms with Crippen molar-refractivity contribution in [3.05, 3.63) is 23.5 Å². The number of morpholine rings is 1. The zero-order valence-corrected chi connectivity index (χ0v) is 20.9. The lowest BCUT2D eigenvalue weighted by molar-refractivity contribution is -0.150. The van der Waals surface area contributed by atoms with Gasteiger partial charge in [-0.05, 0) is 45.2 Å². The molecule has 10 nitrogen and oxygen atoms in total. The summed E-state index contributed by atoms with van der Waals surface area (Å²) in [6, 6.07) is 3.21. The normalized spacial score (nSPS) is 20.9. The molecule has 1 aliphatic carbocycles. The number of carbonyl (C=O) groups excluding carboxylic acids is 2. The number of rotatable bonds is 10. The first-order valence-corrected chi connectivity index (χ1v) is 12.4. The molecule has 0 radical (unpaired) electrons. The van der Waals surface area contributed by atoms with Crippen molar-refractivity contribution in [1.29, 1.82) is 0 Å². The molecule has 1 saturated carbocycles. The second-order valence-electron chi connectivity index (χ2n) is 9.41. The Bertz CT molecular complexity index is 1070. The highest BCUT2D eigenvalue weighted by atomic mass is 19.3. The molecule has 2 N–H and O–H groups in total. The van der Waals surface area contributed by atoms with Gasteiger partial charge in [-0.15, -0.1) is 0 Å². The maximum Gasteiger partial charge on any atom is 0.406 e. The van der Waals surface area contributed by atoms with Crippen molar-refractivity contribution in [2.45, 2.75) is 76.7 Å². The summed E-state index contributed by atoms with van der Waals surface area (Å²) in [4.78, 5) is 31.4. The van der Waals surface area contributed by atoms with Crippen LogP contribution in [0.15, 0.2) is 12.1 Å². The van der Waals surface area contributed by atoms with E-state index in [0.717, 1.165) is 35.3 Å².